The molecular formula is C14H10Cl2F3N. The lowest BCUT2D eigenvalue weighted by Crippen LogP contribution is -2.09. The molecule has 0 saturated heterocycles. The molecule has 1 N–H and O–H groups in total. The van der Waals surface area contributed by atoms with Crippen LogP contribution in [0.4, 0.5) is 18.9 Å². The topological polar surface area (TPSA) is 12.0 Å². The largest absolute Gasteiger partial charge is 0.376 e. The molecule has 0 fully saturated rings. The molecule has 0 radical (unpaired) electrons. The van der Waals surface area contributed by atoms with Crippen molar-refractivity contribution in [3.05, 3.63) is 63.4 Å². The smallest absolute Gasteiger partial charge is 0.161 e. The van der Waals surface area contributed by atoms with Crippen molar-refractivity contribution in [2.45, 2.75) is 13.0 Å². The predicted molar refractivity (Wildman–Crippen MR) is 74.8 cm³/mol. The standard InChI is InChI=1S/C14H10Cl2F3N/c1-7(8-3-2-4-9(15)14(8)16)20-13-6-11(18)10(17)5-12(13)19/h2-7,20H,1H3. The molecule has 0 heterocycles. The second kappa shape index (κ2) is 5.94. The second-order valence-corrected chi connectivity index (χ2v) is 5.04. The van der Waals surface area contributed by atoms with E-state index >= 15 is 0 Å². The summed E-state index contributed by atoms with van der Waals surface area (Å²) in [5.41, 5.74) is 0.482. The normalized spacial score (nSPS) is 12.3. The zero-order chi connectivity index (χ0) is 14.9. The van der Waals surface area contributed by atoms with Crippen molar-refractivity contribution in [1.82, 2.24) is 0 Å². The van der Waals surface area contributed by atoms with Crippen molar-refractivity contribution in [2.75, 3.05) is 5.32 Å². The molecule has 0 aromatic heterocycles. The van der Waals surface area contributed by atoms with E-state index < -0.39 is 23.5 Å². The molecule has 2 rings (SSSR count). The number of nitrogens with one attached hydrogen (secondary N) is 1. The number of anilines is 1. The van der Waals surface area contributed by atoms with Gasteiger partial charge in [0.2, 0.25) is 0 Å². The minimum absolute atomic E-state index is 0.146. The van der Waals surface area contributed by atoms with Crippen molar-refractivity contribution in [3.63, 3.8) is 0 Å². The molecule has 6 heteroatoms. The first-order chi connectivity index (χ1) is 9.40. The number of halogens is 5. The Bertz CT molecular complexity index is 647. The molecule has 0 aliphatic carbocycles. The van der Waals surface area contributed by atoms with Crippen molar-refractivity contribution < 1.29 is 13.2 Å². The van der Waals surface area contributed by atoms with E-state index in [1.54, 1.807) is 25.1 Å². The highest BCUT2D eigenvalue weighted by molar-refractivity contribution is 6.42. The molecule has 0 aliphatic heterocycles. The van der Waals surface area contributed by atoms with Gasteiger partial charge in [0, 0.05) is 12.1 Å². The zero-order valence-electron chi connectivity index (χ0n) is 10.4. The lowest BCUT2D eigenvalue weighted by Gasteiger charge is -2.18. The SMILES string of the molecule is CC(Nc1cc(F)c(F)cc1F)c1cccc(Cl)c1Cl. The predicted octanol–water partition coefficient (Wildman–Crippen LogP) is 5.58. The summed E-state index contributed by atoms with van der Waals surface area (Å²) in [6, 6.07) is 5.86. The van der Waals surface area contributed by atoms with Crippen molar-refractivity contribution in [1.29, 1.82) is 0 Å². The number of hydrogen-bond acceptors (Lipinski definition) is 1. The minimum atomic E-state index is -1.23. The molecule has 0 bridgehead atoms. The monoisotopic (exact) mass is 319 g/mol. The van der Waals surface area contributed by atoms with Crippen molar-refractivity contribution in [2.24, 2.45) is 0 Å². The Kier molecular flexibility index (Phi) is 4.45. The van der Waals surface area contributed by atoms with Crippen LogP contribution in [0.15, 0.2) is 30.3 Å². The van der Waals surface area contributed by atoms with E-state index in [1.807, 2.05) is 0 Å². The van der Waals surface area contributed by atoms with Gasteiger partial charge in [-0.25, -0.2) is 13.2 Å². The summed E-state index contributed by atoms with van der Waals surface area (Å²) in [4.78, 5) is 0. The van der Waals surface area contributed by atoms with Gasteiger partial charge in [-0.3, -0.25) is 0 Å². The first-order valence-corrected chi connectivity index (χ1v) is 6.50. The summed E-state index contributed by atoms with van der Waals surface area (Å²) in [5.74, 6) is -3.24. The highest BCUT2D eigenvalue weighted by atomic mass is 35.5. The van der Waals surface area contributed by atoms with Crippen LogP contribution >= 0.6 is 23.2 Å². The third kappa shape index (κ3) is 3.02. The van der Waals surface area contributed by atoms with Gasteiger partial charge >= 0.3 is 0 Å². The Morgan fingerprint density at radius 2 is 1.65 bits per heavy atom. The van der Waals surface area contributed by atoms with Gasteiger partial charge in [-0.2, -0.15) is 0 Å². The fraction of sp³-hybridized carbons (Fsp3) is 0.143. The minimum Gasteiger partial charge on any atom is -0.376 e. The van der Waals surface area contributed by atoms with Crippen LogP contribution in [0.1, 0.15) is 18.5 Å². The van der Waals surface area contributed by atoms with E-state index in [0.717, 1.165) is 6.07 Å². The quantitative estimate of drug-likeness (QED) is 0.728. The maximum absolute atomic E-state index is 13.6. The van der Waals surface area contributed by atoms with Gasteiger partial charge in [0.15, 0.2) is 11.6 Å². The van der Waals surface area contributed by atoms with E-state index in [9.17, 15) is 13.2 Å². The Morgan fingerprint density at radius 1 is 1.00 bits per heavy atom. The molecule has 0 spiro atoms. The van der Waals surface area contributed by atoms with Gasteiger partial charge in [-0.1, -0.05) is 35.3 Å². The van der Waals surface area contributed by atoms with Crippen molar-refractivity contribution in [3.8, 4) is 0 Å². The van der Waals surface area contributed by atoms with E-state index in [0.29, 0.717) is 21.7 Å². The van der Waals surface area contributed by atoms with Gasteiger partial charge < -0.3 is 5.32 Å². The molecule has 2 aromatic carbocycles. The Balaban J connectivity index is 2.30. The Hall–Kier alpha value is -1.39. The highest BCUT2D eigenvalue weighted by Crippen LogP contribution is 2.32. The Labute approximate surface area is 124 Å². The Morgan fingerprint density at radius 3 is 2.35 bits per heavy atom. The lowest BCUT2D eigenvalue weighted by atomic mass is 10.1. The van der Waals surface area contributed by atoms with Crippen LogP contribution in [0.5, 0.6) is 0 Å². The van der Waals surface area contributed by atoms with Crippen LogP contribution in [0.2, 0.25) is 10.0 Å². The van der Waals surface area contributed by atoms with Crippen molar-refractivity contribution >= 4 is 28.9 Å². The average Bonchev–Trinajstić information content (AvgIpc) is 2.39. The molecule has 20 heavy (non-hydrogen) atoms. The van der Waals surface area contributed by atoms with Crippen LogP contribution in [-0.4, -0.2) is 0 Å². The van der Waals surface area contributed by atoms with Crippen LogP contribution in [0.25, 0.3) is 0 Å². The number of benzene rings is 2. The number of hydrogen-bond donors (Lipinski definition) is 1. The summed E-state index contributed by atoms with van der Waals surface area (Å²) in [6.45, 7) is 1.71. The molecule has 2 aromatic rings. The molecule has 106 valence electrons. The maximum Gasteiger partial charge on any atom is 0.161 e. The first-order valence-electron chi connectivity index (χ1n) is 5.75. The zero-order valence-corrected chi connectivity index (χ0v) is 11.9. The van der Waals surface area contributed by atoms with Gasteiger partial charge in [0.1, 0.15) is 5.82 Å². The average molecular weight is 320 g/mol. The van der Waals surface area contributed by atoms with Gasteiger partial charge in [0.05, 0.1) is 21.8 Å². The van der Waals surface area contributed by atoms with E-state index in [-0.39, 0.29) is 5.69 Å². The molecular weight excluding hydrogens is 310 g/mol. The molecule has 1 atom stereocenters. The fourth-order valence-corrected chi connectivity index (χ4v) is 2.27. The van der Waals surface area contributed by atoms with Gasteiger partial charge in [-0.05, 0) is 18.6 Å². The van der Waals surface area contributed by atoms with Crippen LogP contribution in [-0.2, 0) is 0 Å². The first kappa shape index (κ1) is 15.0. The summed E-state index contributed by atoms with van der Waals surface area (Å²) >= 11 is 11.9. The number of rotatable bonds is 3. The summed E-state index contributed by atoms with van der Waals surface area (Å²) in [5, 5.41) is 3.43. The van der Waals surface area contributed by atoms with Crippen LogP contribution in [0, 0.1) is 17.5 Å². The fourth-order valence-electron chi connectivity index (χ4n) is 1.80. The summed E-state index contributed by atoms with van der Waals surface area (Å²) < 4.78 is 39.5. The van der Waals surface area contributed by atoms with Gasteiger partial charge in [0.25, 0.3) is 0 Å². The highest BCUT2D eigenvalue weighted by Gasteiger charge is 2.15. The molecule has 0 aliphatic rings. The van der Waals surface area contributed by atoms with Crippen LogP contribution in [0.3, 0.4) is 0 Å². The summed E-state index contributed by atoms with van der Waals surface area (Å²) in [7, 11) is 0. The second-order valence-electron chi connectivity index (χ2n) is 4.26. The van der Waals surface area contributed by atoms with Crippen LogP contribution < -0.4 is 5.32 Å². The third-order valence-electron chi connectivity index (χ3n) is 2.83. The third-order valence-corrected chi connectivity index (χ3v) is 3.66. The molecule has 0 saturated carbocycles. The maximum atomic E-state index is 13.6. The molecule has 1 unspecified atom stereocenters. The molecule has 0 amide bonds. The van der Waals surface area contributed by atoms with E-state index in [2.05, 4.69) is 5.32 Å². The lowest BCUT2D eigenvalue weighted by molar-refractivity contribution is 0.495. The van der Waals surface area contributed by atoms with E-state index in [1.165, 1.54) is 0 Å². The summed E-state index contributed by atoms with van der Waals surface area (Å²) in [6.07, 6.45) is 0. The molecule has 1 nitrogen and oxygen atoms in total. The van der Waals surface area contributed by atoms with E-state index in [4.69, 9.17) is 23.2 Å². The van der Waals surface area contributed by atoms with Gasteiger partial charge in [-0.15, -0.1) is 0 Å².